The summed E-state index contributed by atoms with van der Waals surface area (Å²) in [5.74, 6) is 1.93. The number of carbonyl (C=O) groups excluding carboxylic acids is 1. The van der Waals surface area contributed by atoms with E-state index in [2.05, 4.69) is 109 Å². The van der Waals surface area contributed by atoms with E-state index in [0.717, 1.165) is 64.1 Å². The molecule has 3 atom stereocenters. The molecule has 7 heterocycles. The molecule has 0 saturated carbocycles. The van der Waals surface area contributed by atoms with E-state index in [0.29, 0.717) is 23.3 Å². The van der Waals surface area contributed by atoms with Crippen LogP contribution in [0.5, 0.6) is 5.88 Å². The Morgan fingerprint density at radius 3 is 1.94 bits per heavy atom. The Hall–Kier alpha value is -6.03. The molecule has 2 N–H and O–H groups in total. The number of thiophene rings is 2. The second kappa shape index (κ2) is 21.7. The minimum absolute atomic E-state index is 0.176. The van der Waals surface area contributed by atoms with Crippen molar-refractivity contribution >= 4 is 45.1 Å². The quantitative estimate of drug-likeness (QED) is 0.150. The van der Waals surface area contributed by atoms with Gasteiger partial charge in [0.05, 0.1) is 16.5 Å². The van der Waals surface area contributed by atoms with Crippen molar-refractivity contribution in [2.24, 2.45) is 4.99 Å². The van der Waals surface area contributed by atoms with Crippen molar-refractivity contribution in [3.8, 4) is 26.1 Å². The van der Waals surface area contributed by atoms with Gasteiger partial charge in [-0.3, -0.25) is 19.7 Å². The molecule has 1 aliphatic heterocycles. The van der Waals surface area contributed by atoms with Gasteiger partial charge < -0.3 is 10.1 Å². The number of amides is 1. The zero-order valence-corrected chi connectivity index (χ0v) is 38.6. The Labute approximate surface area is 374 Å². The number of hydrogen-bond donors (Lipinski definition) is 2. The summed E-state index contributed by atoms with van der Waals surface area (Å²) >= 11 is 3.24. The van der Waals surface area contributed by atoms with E-state index in [1.54, 1.807) is 22.7 Å². The average Bonchev–Trinajstić information content (AvgIpc) is 4.12. The molecule has 9 heteroatoms. The van der Waals surface area contributed by atoms with Crippen LogP contribution in [0.15, 0.2) is 139 Å². The van der Waals surface area contributed by atoms with Crippen molar-refractivity contribution < 1.29 is 9.90 Å². The van der Waals surface area contributed by atoms with Crippen LogP contribution in [-0.2, 0) is 4.79 Å². The van der Waals surface area contributed by atoms with Gasteiger partial charge in [-0.05, 0) is 141 Å². The number of aryl methyl sites for hydroxylation is 2. The van der Waals surface area contributed by atoms with Crippen LogP contribution in [-0.4, -0.2) is 30.9 Å². The van der Waals surface area contributed by atoms with Crippen LogP contribution in [0.4, 0.5) is 0 Å². The third-order valence-electron chi connectivity index (χ3n) is 11.3. The van der Waals surface area contributed by atoms with Gasteiger partial charge in [0, 0.05) is 72.3 Å². The number of carbonyl (C=O) groups is 1. The third-order valence-corrected chi connectivity index (χ3v) is 13.7. The molecule has 6 aromatic heterocycles. The first-order chi connectivity index (χ1) is 30.0. The van der Waals surface area contributed by atoms with Crippen molar-refractivity contribution in [2.75, 3.05) is 0 Å². The summed E-state index contributed by atoms with van der Waals surface area (Å²) in [7, 11) is 0. The van der Waals surface area contributed by atoms with E-state index in [4.69, 9.17) is 0 Å². The number of benzene rings is 2. The maximum atomic E-state index is 12.6. The summed E-state index contributed by atoms with van der Waals surface area (Å²) in [4.78, 5) is 36.3. The van der Waals surface area contributed by atoms with Crippen LogP contribution in [0.3, 0.4) is 0 Å². The number of nitrogens with zero attached hydrogens (tertiary/aromatic N) is 4. The van der Waals surface area contributed by atoms with Crippen molar-refractivity contribution in [1.82, 2.24) is 19.9 Å². The number of aromatic hydroxyl groups is 1. The molecular weight excluding hydrogens is 803 g/mol. The number of hydrogen-bond acceptors (Lipinski definition) is 7. The summed E-state index contributed by atoms with van der Waals surface area (Å²) in [5, 5.41) is 13.2. The molecular formula is C53H57N5O2S2. The van der Waals surface area contributed by atoms with Crippen LogP contribution in [0, 0.1) is 13.8 Å². The molecule has 8 aromatic rings. The molecule has 0 radical (unpaired) electrons. The van der Waals surface area contributed by atoms with E-state index in [9.17, 15) is 9.90 Å². The minimum Gasteiger partial charge on any atom is -0.494 e. The third kappa shape index (κ3) is 11.3. The SMILES string of the molecule is CCC(C)c1ccccn1.CCC(C)c1cccnc1.CCC(C)c1ccncc1.Cc1ccc2c(c1)=C(c1ccc(-c3ccc(-c4c(O)[nH]c5ccc(C)cc45)s3)s1)C(=O)N=2. The Kier molecular flexibility index (Phi) is 15.9. The topological polar surface area (TPSA) is 104 Å². The van der Waals surface area contributed by atoms with Gasteiger partial charge in [0.25, 0.3) is 5.91 Å². The highest BCUT2D eigenvalue weighted by Gasteiger charge is 2.21. The Balaban J connectivity index is 0.000000173. The van der Waals surface area contributed by atoms with E-state index in [1.807, 2.05) is 105 Å². The molecule has 0 spiro atoms. The highest BCUT2D eigenvalue weighted by atomic mass is 32.1. The lowest BCUT2D eigenvalue weighted by atomic mass is 10.0. The lowest BCUT2D eigenvalue weighted by Gasteiger charge is -2.06. The fraction of sp³-hybridized carbons (Fsp3) is 0.264. The Morgan fingerprint density at radius 1 is 0.629 bits per heavy atom. The molecule has 0 bridgehead atoms. The van der Waals surface area contributed by atoms with E-state index >= 15 is 0 Å². The van der Waals surface area contributed by atoms with Crippen LogP contribution in [0.2, 0.25) is 0 Å². The molecule has 7 nitrogen and oxygen atoms in total. The van der Waals surface area contributed by atoms with Gasteiger partial charge in [0.15, 0.2) is 5.88 Å². The number of aromatic amines is 1. The highest BCUT2D eigenvalue weighted by Crippen LogP contribution is 2.44. The molecule has 2 aromatic carbocycles. The molecule has 0 fully saturated rings. The maximum Gasteiger partial charge on any atom is 0.279 e. The fourth-order valence-corrected chi connectivity index (χ4v) is 9.14. The lowest BCUT2D eigenvalue weighted by molar-refractivity contribution is -0.112. The predicted molar refractivity (Wildman–Crippen MR) is 260 cm³/mol. The predicted octanol–water partition coefficient (Wildman–Crippen LogP) is 13.1. The second-order valence-electron chi connectivity index (χ2n) is 15.8. The fourth-order valence-electron chi connectivity index (χ4n) is 6.92. The van der Waals surface area contributed by atoms with Gasteiger partial charge in [-0.15, -0.1) is 22.7 Å². The zero-order chi connectivity index (χ0) is 44.2. The number of fused-ring (bicyclic) bond motifs is 2. The first-order valence-electron chi connectivity index (χ1n) is 21.5. The molecule has 0 saturated heterocycles. The number of pyridine rings is 3. The van der Waals surface area contributed by atoms with Crippen molar-refractivity contribution in [3.63, 3.8) is 0 Å². The molecule has 9 rings (SSSR count). The number of nitrogens with one attached hydrogen (secondary N) is 1. The van der Waals surface area contributed by atoms with Gasteiger partial charge in [0.1, 0.15) is 0 Å². The number of rotatable bonds is 9. The van der Waals surface area contributed by atoms with Crippen molar-refractivity contribution in [2.45, 2.75) is 92.4 Å². The largest absolute Gasteiger partial charge is 0.494 e. The second-order valence-corrected chi connectivity index (χ2v) is 18.0. The lowest BCUT2D eigenvalue weighted by Crippen LogP contribution is -2.23. The van der Waals surface area contributed by atoms with Crippen LogP contribution >= 0.6 is 22.7 Å². The van der Waals surface area contributed by atoms with Gasteiger partial charge >= 0.3 is 0 Å². The van der Waals surface area contributed by atoms with Crippen molar-refractivity contribution in [1.29, 1.82) is 0 Å². The Bertz CT molecular complexity index is 2700. The average molecular weight is 860 g/mol. The standard InChI is InChI=1S/C26H18N2O2S2.3C9H13N/c1-13-3-5-17-15(11-13)23(25(29)27-17)21-9-7-19(31-21)20-8-10-22(32-20)24-16-12-14(2)4-6-18(16)28-26(24)30;1-3-8(2)9-4-6-10-7-5-9;1-3-8(2)9-5-4-6-10-7-9;1-3-8(2)9-6-4-5-7-10-9/h3-12,27,29H,1-2H3;3*4-8H,3H2,1-2H3. The smallest absolute Gasteiger partial charge is 0.279 e. The van der Waals surface area contributed by atoms with Crippen LogP contribution in [0.25, 0.3) is 36.7 Å². The summed E-state index contributed by atoms with van der Waals surface area (Å²) in [6, 6.07) is 34.6. The van der Waals surface area contributed by atoms with Gasteiger partial charge in [-0.25, -0.2) is 4.99 Å². The molecule has 1 amide bonds. The van der Waals surface area contributed by atoms with E-state index in [-0.39, 0.29) is 11.8 Å². The maximum absolute atomic E-state index is 12.6. The molecule has 62 heavy (non-hydrogen) atoms. The molecule has 318 valence electrons. The van der Waals surface area contributed by atoms with Crippen molar-refractivity contribution in [3.05, 3.63) is 178 Å². The zero-order valence-electron chi connectivity index (χ0n) is 37.0. The van der Waals surface area contributed by atoms with Gasteiger partial charge in [0.2, 0.25) is 0 Å². The number of H-pyrrole nitrogens is 1. The minimum atomic E-state index is -0.176. The van der Waals surface area contributed by atoms with Crippen LogP contribution < -0.4 is 10.6 Å². The normalized spacial score (nSPS) is 13.0. The van der Waals surface area contributed by atoms with E-state index < -0.39 is 0 Å². The summed E-state index contributed by atoms with van der Waals surface area (Å²) in [6.07, 6.45) is 12.8. The molecule has 1 aliphatic rings. The van der Waals surface area contributed by atoms with E-state index in [1.165, 1.54) is 29.7 Å². The summed E-state index contributed by atoms with van der Waals surface area (Å²) in [6.45, 7) is 17.3. The number of aromatic nitrogens is 4. The summed E-state index contributed by atoms with van der Waals surface area (Å²) in [5.41, 5.74) is 8.62. The van der Waals surface area contributed by atoms with Crippen LogP contribution in [0.1, 0.15) is 111 Å². The molecule has 0 aliphatic carbocycles. The monoisotopic (exact) mass is 859 g/mol. The summed E-state index contributed by atoms with van der Waals surface area (Å²) < 4.78 is 0. The van der Waals surface area contributed by atoms with Gasteiger partial charge in [-0.1, -0.05) is 76.9 Å². The first-order valence-corrected chi connectivity index (χ1v) is 23.1. The Morgan fingerprint density at radius 2 is 1.27 bits per heavy atom. The molecule has 3 unspecified atom stereocenters. The first kappa shape index (κ1) is 45.5. The van der Waals surface area contributed by atoms with Gasteiger partial charge in [-0.2, -0.15) is 0 Å². The highest BCUT2D eigenvalue weighted by molar-refractivity contribution is 7.24.